The topological polar surface area (TPSA) is 43.8 Å². The van der Waals surface area contributed by atoms with Crippen LogP contribution < -0.4 is 0 Å². The van der Waals surface area contributed by atoms with Gasteiger partial charge in [-0.15, -0.1) is 0 Å². The van der Waals surface area contributed by atoms with Crippen LogP contribution in [0.5, 0.6) is 0 Å². The zero-order valence-corrected chi connectivity index (χ0v) is 12.3. The van der Waals surface area contributed by atoms with Gasteiger partial charge in [0.1, 0.15) is 0 Å². The smallest absolute Gasteiger partial charge is 0.253 e. The Morgan fingerprint density at radius 2 is 2.00 bits per heavy atom. The van der Waals surface area contributed by atoms with Crippen molar-refractivity contribution in [3.63, 3.8) is 0 Å². The molecule has 0 aliphatic rings. The molecule has 0 heterocycles. The van der Waals surface area contributed by atoms with Crippen molar-refractivity contribution in [2.45, 2.75) is 26.0 Å². The molecule has 1 amide bonds. The first-order chi connectivity index (χ1) is 8.90. The van der Waals surface area contributed by atoms with Crippen LogP contribution in [0.2, 0.25) is 0 Å². The zero-order valence-electron chi connectivity index (χ0n) is 12.3. The Labute approximate surface area is 115 Å². The molecule has 0 saturated heterocycles. The maximum Gasteiger partial charge on any atom is 0.253 e. The summed E-state index contributed by atoms with van der Waals surface area (Å²) >= 11 is 0. The molecule has 0 aliphatic carbocycles. The standard InChI is InChI=1S/C15H24N2O2/c1-12(18)8-9-17(4)15(19)14-7-5-6-13(10-14)11-16(2)3/h5-7,10,12,18H,8-9,11H2,1-4H3. The van der Waals surface area contributed by atoms with E-state index in [1.54, 1.807) is 18.9 Å². The van der Waals surface area contributed by atoms with E-state index in [0.717, 1.165) is 12.1 Å². The number of nitrogens with zero attached hydrogens (tertiary/aromatic N) is 2. The first-order valence-corrected chi connectivity index (χ1v) is 6.57. The lowest BCUT2D eigenvalue weighted by molar-refractivity contribution is 0.0769. The van der Waals surface area contributed by atoms with Gasteiger partial charge in [0.15, 0.2) is 0 Å². The van der Waals surface area contributed by atoms with Gasteiger partial charge >= 0.3 is 0 Å². The molecule has 0 saturated carbocycles. The van der Waals surface area contributed by atoms with Crippen molar-refractivity contribution in [2.75, 3.05) is 27.7 Å². The molecule has 106 valence electrons. The fourth-order valence-corrected chi connectivity index (χ4v) is 1.87. The summed E-state index contributed by atoms with van der Waals surface area (Å²) in [6, 6.07) is 7.70. The van der Waals surface area contributed by atoms with E-state index in [4.69, 9.17) is 0 Å². The largest absolute Gasteiger partial charge is 0.393 e. The van der Waals surface area contributed by atoms with Gasteiger partial charge in [0.2, 0.25) is 0 Å². The van der Waals surface area contributed by atoms with E-state index in [-0.39, 0.29) is 12.0 Å². The number of amides is 1. The Hall–Kier alpha value is -1.39. The van der Waals surface area contributed by atoms with Crippen molar-refractivity contribution in [3.8, 4) is 0 Å². The lowest BCUT2D eigenvalue weighted by atomic mass is 10.1. The molecule has 1 atom stereocenters. The lowest BCUT2D eigenvalue weighted by Crippen LogP contribution is -2.29. The molecule has 1 unspecified atom stereocenters. The van der Waals surface area contributed by atoms with Gasteiger partial charge in [-0.1, -0.05) is 12.1 Å². The van der Waals surface area contributed by atoms with Crippen molar-refractivity contribution in [3.05, 3.63) is 35.4 Å². The van der Waals surface area contributed by atoms with Crippen molar-refractivity contribution in [2.24, 2.45) is 0 Å². The predicted octanol–water partition coefficient (Wildman–Crippen LogP) is 1.59. The average Bonchev–Trinajstić information content (AvgIpc) is 2.34. The molecule has 19 heavy (non-hydrogen) atoms. The number of hydrogen-bond donors (Lipinski definition) is 1. The number of benzene rings is 1. The van der Waals surface area contributed by atoms with Gasteiger partial charge in [0.05, 0.1) is 6.10 Å². The van der Waals surface area contributed by atoms with Crippen LogP contribution in [0.25, 0.3) is 0 Å². The normalized spacial score (nSPS) is 12.5. The number of rotatable bonds is 6. The molecule has 0 bridgehead atoms. The van der Waals surface area contributed by atoms with E-state index in [0.29, 0.717) is 18.5 Å². The number of aliphatic hydroxyl groups excluding tert-OH is 1. The van der Waals surface area contributed by atoms with Crippen molar-refractivity contribution in [1.82, 2.24) is 9.80 Å². The minimum atomic E-state index is -0.379. The number of aliphatic hydroxyl groups is 1. The number of carbonyl (C=O) groups is 1. The minimum Gasteiger partial charge on any atom is -0.393 e. The van der Waals surface area contributed by atoms with Crippen LogP contribution in [-0.4, -0.2) is 54.6 Å². The maximum atomic E-state index is 12.2. The molecule has 0 aromatic heterocycles. The number of hydrogen-bond acceptors (Lipinski definition) is 3. The van der Waals surface area contributed by atoms with Gasteiger partial charge in [-0.2, -0.15) is 0 Å². The predicted molar refractivity (Wildman–Crippen MR) is 77.1 cm³/mol. The molecular weight excluding hydrogens is 240 g/mol. The van der Waals surface area contributed by atoms with Gasteiger partial charge in [-0.3, -0.25) is 4.79 Å². The molecule has 0 fully saturated rings. The zero-order chi connectivity index (χ0) is 14.4. The van der Waals surface area contributed by atoms with Crippen LogP contribution in [0.1, 0.15) is 29.3 Å². The van der Waals surface area contributed by atoms with Crippen LogP contribution >= 0.6 is 0 Å². The third-order valence-corrected chi connectivity index (χ3v) is 2.90. The first kappa shape index (κ1) is 15.7. The maximum absolute atomic E-state index is 12.2. The fourth-order valence-electron chi connectivity index (χ4n) is 1.87. The van der Waals surface area contributed by atoms with Crippen LogP contribution in [-0.2, 0) is 6.54 Å². The second kappa shape index (κ2) is 7.26. The highest BCUT2D eigenvalue weighted by Crippen LogP contribution is 2.10. The summed E-state index contributed by atoms with van der Waals surface area (Å²) in [5.41, 5.74) is 1.83. The molecule has 1 N–H and O–H groups in total. The Morgan fingerprint density at radius 3 is 2.58 bits per heavy atom. The second-order valence-corrected chi connectivity index (χ2v) is 5.30. The number of carbonyl (C=O) groups excluding carboxylic acids is 1. The molecule has 1 rings (SSSR count). The fraction of sp³-hybridized carbons (Fsp3) is 0.533. The van der Waals surface area contributed by atoms with Crippen LogP contribution in [0.3, 0.4) is 0 Å². The van der Waals surface area contributed by atoms with E-state index in [2.05, 4.69) is 4.90 Å². The van der Waals surface area contributed by atoms with Crippen molar-refractivity contribution in [1.29, 1.82) is 0 Å². The molecular formula is C15H24N2O2. The van der Waals surface area contributed by atoms with Gasteiger partial charge < -0.3 is 14.9 Å². The molecule has 0 radical (unpaired) electrons. The van der Waals surface area contributed by atoms with Crippen LogP contribution in [0.4, 0.5) is 0 Å². The summed E-state index contributed by atoms with van der Waals surface area (Å²) in [6.07, 6.45) is 0.218. The van der Waals surface area contributed by atoms with Gasteiger partial charge in [0, 0.05) is 25.7 Å². The van der Waals surface area contributed by atoms with Crippen molar-refractivity contribution >= 4 is 5.91 Å². The SMILES string of the molecule is CC(O)CCN(C)C(=O)c1cccc(CN(C)C)c1. The molecule has 0 aliphatic heterocycles. The highest BCUT2D eigenvalue weighted by Gasteiger charge is 2.12. The lowest BCUT2D eigenvalue weighted by Gasteiger charge is -2.18. The molecule has 1 aromatic rings. The van der Waals surface area contributed by atoms with E-state index < -0.39 is 0 Å². The van der Waals surface area contributed by atoms with Gasteiger partial charge in [-0.05, 0) is 45.1 Å². The van der Waals surface area contributed by atoms with E-state index in [9.17, 15) is 9.90 Å². The van der Waals surface area contributed by atoms with E-state index in [1.165, 1.54) is 0 Å². The Balaban J connectivity index is 2.70. The van der Waals surface area contributed by atoms with Crippen molar-refractivity contribution < 1.29 is 9.90 Å². The summed E-state index contributed by atoms with van der Waals surface area (Å²) < 4.78 is 0. The average molecular weight is 264 g/mol. The summed E-state index contributed by atoms with van der Waals surface area (Å²) in [7, 11) is 5.77. The summed E-state index contributed by atoms with van der Waals surface area (Å²) in [5.74, 6) is 0.00116. The van der Waals surface area contributed by atoms with Gasteiger partial charge in [0.25, 0.3) is 5.91 Å². The second-order valence-electron chi connectivity index (χ2n) is 5.30. The molecule has 1 aromatic carbocycles. The van der Waals surface area contributed by atoms with Crippen LogP contribution in [0.15, 0.2) is 24.3 Å². The first-order valence-electron chi connectivity index (χ1n) is 6.57. The summed E-state index contributed by atoms with van der Waals surface area (Å²) in [5, 5.41) is 9.25. The molecule has 4 nitrogen and oxygen atoms in total. The van der Waals surface area contributed by atoms with Crippen LogP contribution in [0, 0.1) is 0 Å². The Bertz CT molecular complexity index is 416. The molecule has 0 spiro atoms. The molecule has 4 heteroatoms. The third-order valence-electron chi connectivity index (χ3n) is 2.90. The quantitative estimate of drug-likeness (QED) is 0.848. The van der Waals surface area contributed by atoms with E-state index >= 15 is 0 Å². The Morgan fingerprint density at radius 1 is 1.32 bits per heavy atom. The van der Waals surface area contributed by atoms with E-state index in [1.807, 2.05) is 38.4 Å². The Kier molecular flexibility index (Phi) is 5.99. The highest BCUT2D eigenvalue weighted by atomic mass is 16.3. The monoisotopic (exact) mass is 264 g/mol. The summed E-state index contributed by atoms with van der Waals surface area (Å²) in [6.45, 7) is 3.11. The van der Waals surface area contributed by atoms with Gasteiger partial charge in [-0.25, -0.2) is 0 Å². The minimum absolute atomic E-state index is 0.00116. The third kappa shape index (κ3) is 5.41. The summed E-state index contributed by atoms with van der Waals surface area (Å²) in [4.78, 5) is 16.0. The highest BCUT2D eigenvalue weighted by molar-refractivity contribution is 5.94.